The van der Waals surface area contributed by atoms with E-state index in [0.717, 1.165) is 6.07 Å². The smallest absolute Gasteiger partial charge is 0.305 e. The zero-order chi connectivity index (χ0) is 15.6. The van der Waals surface area contributed by atoms with Gasteiger partial charge in [0.25, 0.3) is 0 Å². The fourth-order valence-electron chi connectivity index (χ4n) is 1.86. The van der Waals surface area contributed by atoms with Crippen molar-refractivity contribution in [3.05, 3.63) is 64.0 Å². The van der Waals surface area contributed by atoms with Crippen molar-refractivity contribution >= 4 is 21.2 Å². The van der Waals surface area contributed by atoms with Gasteiger partial charge in [-0.1, -0.05) is 24.3 Å². The lowest BCUT2D eigenvalue weighted by molar-refractivity contribution is -0.387. The van der Waals surface area contributed by atoms with E-state index < -0.39 is 32.0 Å². The lowest BCUT2D eigenvalue weighted by Crippen LogP contribution is -2.09. The predicted octanol–water partition coefficient (Wildman–Crippen LogP) is 2.29. The topological polar surface area (TPSA) is 103 Å². The molecule has 2 rings (SSSR count). The Kier molecular flexibility index (Phi) is 3.90. The Morgan fingerprint density at radius 2 is 1.81 bits per heavy atom. The minimum atomic E-state index is -3.90. The van der Waals surface area contributed by atoms with Crippen molar-refractivity contribution in [1.29, 1.82) is 0 Å². The highest BCUT2D eigenvalue weighted by atomic mass is 32.2. The van der Waals surface area contributed by atoms with Gasteiger partial charge in [-0.3, -0.25) is 10.1 Å². The number of hydrogen-bond acceptors (Lipinski definition) is 5. The molecule has 0 aliphatic carbocycles. The minimum Gasteiger partial charge on any atom is -0.398 e. The van der Waals surface area contributed by atoms with Gasteiger partial charge >= 0.3 is 5.69 Å². The molecule has 0 unspecified atom stereocenters. The van der Waals surface area contributed by atoms with Crippen molar-refractivity contribution in [2.75, 3.05) is 5.73 Å². The molecule has 8 heteroatoms. The molecule has 21 heavy (non-hydrogen) atoms. The third kappa shape index (κ3) is 3.00. The van der Waals surface area contributed by atoms with Crippen molar-refractivity contribution in [3.8, 4) is 0 Å². The van der Waals surface area contributed by atoms with Crippen LogP contribution in [0.25, 0.3) is 0 Å². The van der Waals surface area contributed by atoms with Crippen LogP contribution in [0.15, 0.2) is 47.4 Å². The Morgan fingerprint density at radius 1 is 1.14 bits per heavy atom. The van der Waals surface area contributed by atoms with E-state index in [9.17, 15) is 22.9 Å². The Balaban J connectivity index is 2.45. The summed E-state index contributed by atoms with van der Waals surface area (Å²) in [6.07, 6.45) is 0. The first-order valence-corrected chi connectivity index (χ1v) is 7.47. The summed E-state index contributed by atoms with van der Waals surface area (Å²) < 4.78 is 38.4. The van der Waals surface area contributed by atoms with E-state index in [0.29, 0.717) is 0 Å². The summed E-state index contributed by atoms with van der Waals surface area (Å²) in [7, 11) is -3.90. The average molecular weight is 310 g/mol. The number of nitrogens with zero attached hydrogens (tertiary/aromatic N) is 1. The third-order valence-electron chi connectivity index (χ3n) is 2.85. The van der Waals surface area contributed by atoms with Crippen molar-refractivity contribution in [3.63, 3.8) is 0 Å². The zero-order valence-corrected chi connectivity index (χ0v) is 11.5. The molecule has 0 bridgehead atoms. The monoisotopic (exact) mass is 310 g/mol. The van der Waals surface area contributed by atoms with Gasteiger partial charge in [0.05, 0.1) is 21.3 Å². The Bertz CT molecular complexity index is 806. The number of rotatable bonds is 4. The van der Waals surface area contributed by atoms with Crippen LogP contribution >= 0.6 is 0 Å². The minimum absolute atomic E-state index is 0.0448. The van der Waals surface area contributed by atoms with Crippen molar-refractivity contribution in [1.82, 2.24) is 0 Å². The summed E-state index contributed by atoms with van der Waals surface area (Å²) in [6.45, 7) is 0. The summed E-state index contributed by atoms with van der Waals surface area (Å²) in [6, 6.07) is 9.19. The quantitative estimate of drug-likeness (QED) is 0.530. The van der Waals surface area contributed by atoms with Gasteiger partial charge in [0.2, 0.25) is 5.82 Å². The van der Waals surface area contributed by atoms with Gasteiger partial charge < -0.3 is 5.73 Å². The first kappa shape index (κ1) is 14.9. The maximum absolute atomic E-state index is 13.9. The molecule has 0 saturated carbocycles. The normalized spacial score (nSPS) is 11.3. The van der Waals surface area contributed by atoms with Crippen molar-refractivity contribution < 1.29 is 17.7 Å². The highest BCUT2D eigenvalue weighted by Crippen LogP contribution is 2.26. The number of nitro benzene ring substituents is 1. The molecule has 6 nitrogen and oxygen atoms in total. The van der Waals surface area contributed by atoms with Crippen molar-refractivity contribution in [2.24, 2.45) is 0 Å². The molecule has 0 saturated heterocycles. The molecular weight excluding hydrogens is 299 g/mol. The number of anilines is 1. The van der Waals surface area contributed by atoms with E-state index in [1.807, 2.05) is 0 Å². The van der Waals surface area contributed by atoms with Gasteiger partial charge in [0, 0.05) is 11.6 Å². The molecule has 2 aromatic carbocycles. The maximum Gasteiger partial charge on any atom is 0.305 e. The predicted molar refractivity (Wildman–Crippen MR) is 74.8 cm³/mol. The van der Waals surface area contributed by atoms with Crippen LogP contribution in [0.5, 0.6) is 0 Å². The second-order valence-corrected chi connectivity index (χ2v) is 6.26. The van der Waals surface area contributed by atoms with Crippen molar-refractivity contribution in [2.45, 2.75) is 10.6 Å². The number of para-hydroxylation sites is 1. The van der Waals surface area contributed by atoms with Crippen LogP contribution in [0.3, 0.4) is 0 Å². The van der Waals surface area contributed by atoms with E-state index in [4.69, 9.17) is 5.73 Å². The van der Waals surface area contributed by atoms with Crippen LogP contribution < -0.4 is 5.73 Å². The highest BCUT2D eigenvalue weighted by molar-refractivity contribution is 7.90. The third-order valence-corrected chi connectivity index (χ3v) is 4.59. The van der Waals surface area contributed by atoms with Gasteiger partial charge in [-0.25, -0.2) is 8.42 Å². The van der Waals surface area contributed by atoms with Gasteiger partial charge in [-0.2, -0.15) is 4.39 Å². The fourth-order valence-corrected chi connectivity index (χ4v) is 3.37. The Labute approximate surface area is 120 Å². The second kappa shape index (κ2) is 5.49. The molecule has 0 aliphatic heterocycles. The van der Waals surface area contributed by atoms with Gasteiger partial charge in [0.1, 0.15) is 0 Å². The summed E-state index contributed by atoms with van der Waals surface area (Å²) in [5, 5.41) is 10.7. The summed E-state index contributed by atoms with van der Waals surface area (Å²) >= 11 is 0. The van der Waals surface area contributed by atoms with Crippen LogP contribution in [-0.2, 0) is 15.6 Å². The van der Waals surface area contributed by atoms with Crippen LogP contribution in [0.4, 0.5) is 15.8 Å². The highest BCUT2D eigenvalue weighted by Gasteiger charge is 2.24. The number of hydrogen-bond donors (Lipinski definition) is 1. The largest absolute Gasteiger partial charge is 0.398 e. The van der Waals surface area contributed by atoms with E-state index in [-0.39, 0.29) is 16.1 Å². The first-order chi connectivity index (χ1) is 9.83. The zero-order valence-electron chi connectivity index (χ0n) is 10.7. The molecule has 0 aliphatic rings. The molecule has 0 aromatic heterocycles. The van der Waals surface area contributed by atoms with Crippen LogP contribution in [0.2, 0.25) is 0 Å². The fraction of sp³-hybridized carbons (Fsp3) is 0.0769. The van der Waals surface area contributed by atoms with E-state index in [2.05, 4.69) is 0 Å². The molecule has 0 fully saturated rings. The van der Waals surface area contributed by atoms with E-state index in [1.54, 1.807) is 6.07 Å². The number of nitrogen functional groups attached to an aromatic ring is 1. The van der Waals surface area contributed by atoms with E-state index in [1.165, 1.54) is 30.3 Å². The standard InChI is InChI=1S/C13H11FN2O4S/c14-13-9(4-3-6-11(13)16(17)18)8-21(19,20)12-7-2-1-5-10(12)15/h1-7H,8,15H2. The van der Waals surface area contributed by atoms with E-state index >= 15 is 0 Å². The number of nitro groups is 1. The maximum atomic E-state index is 13.9. The van der Waals surface area contributed by atoms with Crippen LogP contribution in [-0.4, -0.2) is 13.3 Å². The Hall–Kier alpha value is -2.48. The molecule has 0 spiro atoms. The van der Waals surface area contributed by atoms with Crippen LogP contribution in [0, 0.1) is 15.9 Å². The van der Waals surface area contributed by atoms with Crippen LogP contribution in [0.1, 0.15) is 5.56 Å². The SMILES string of the molecule is Nc1ccccc1S(=O)(=O)Cc1cccc([N+](=O)[O-])c1F. The lowest BCUT2D eigenvalue weighted by atomic mass is 10.2. The number of benzene rings is 2. The summed E-state index contributed by atoms with van der Waals surface area (Å²) in [4.78, 5) is 9.63. The number of nitrogens with two attached hydrogens (primary N) is 1. The number of halogens is 1. The molecule has 0 amide bonds. The van der Waals surface area contributed by atoms with Gasteiger partial charge in [-0.15, -0.1) is 0 Å². The summed E-state index contributed by atoms with van der Waals surface area (Å²) in [5.41, 5.74) is 4.61. The van der Waals surface area contributed by atoms with Gasteiger partial charge in [0.15, 0.2) is 9.84 Å². The second-order valence-electron chi connectivity index (χ2n) is 4.30. The summed E-state index contributed by atoms with van der Waals surface area (Å²) in [5.74, 6) is -1.85. The molecule has 2 aromatic rings. The molecule has 0 atom stereocenters. The molecular formula is C13H11FN2O4S. The number of sulfone groups is 1. The Morgan fingerprint density at radius 3 is 2.43 bits per heavy atom. The average Bonchev–Trinajstić information content (AvgIpc) is 2.41. The lowest BCUT2D eigenvalue weighted by Gasteiger charge is -2.08. The first-order valence-electron chi connectivity index (χ1n) is 5.82. The molecule has 2 N–H and O–H groups in total. The molecule has 0 heterocycles. The molecule has 0 radical (unpaired) electrons. The molecule has 110 valence electrons. The van der Waals surface area contributed by atoms with Gasteiger partial charge in [-0.05, 0) is 12.1 Å².